The average molecular weight is 241 g/mol. The second kappa shape index (κ2) is 5.22. The maximum absolute atomic E-state index is 6.07. The molecule has 0 amide bonds. The number of likely N-dealkylation sites (tertiary alicyclic amines) is 1. The van der Waals surface area contributed by atoms with Crippen LogP contribution in [0.25, 0.3) is 0 Å². The quantitative estimate of drug-likeness (QED) is 0.775. The third kappa shape index (κ3) is 2.50. The summed E-state index contributed by atoms with van der Waals surface area (Å²) in [7, 11) is 4.37. The molecule has 2 unspecified atom stereocenters. The summed E-state index contributed by atoms with van der Waals surface area (Å²) < 4.78 is 5.49. The third-order valence-electron chi connectivity index (χ3n) is 4.71. The number of ether oxygens (including phenoxy) is 1. The molecular weight excluding hydrogens is 214 g/mol. The molecule has 2 aliphatic heterocycles. The lowest BCUT2D eigenvalue weighted by molar-refractivity contribution is -0.0169. The zero-order valence-electron chi connectivity index (χ0n) is 11.5. The summed E-state index contributed by atoms with van der Waals surface area (Å²) in [5, 5.41) is 0. The van der Waals surface area contributed by atoms with Gasteiger partial charge in [0, 0.05) is 44.4 Å². The Bertz CT molecular complexity index is 251. The van der Waals surface area contributed by atoms with Gasteiger partial charge in [-0.15, -0.1) is 0 Å². The molecule has 0 bridgehead atoms. The molecule has 4 nitrogen and oxygen atoms in total. The minimum Gasteiger partial charge on any atom is -0.381 e. The van der Waals surface area contributed by atoms with Crippen LogP contribution >= 0.6 is 0 Å². The molecule has 2 N–H and O–H groups in total. The van der Waals surface area contributed by atoms with E-state index in [1.807, 2.05) is 0 Å². The Morgan fingerprint density at radius 2 is 1.94 bits per heavy atom. The maximum atomic E-state index is 6.07. The molecule has 0 aromatic carbocycles. The normalized spacial score (nSPS) is 34.4. The summed E-state index contributed by atoms with van der Waals surface area (Å²) in [6.45, 7) is 7.20. The first-order chi connectivity index (χ1) is 8.09. The highest BCUT2D eigenvalue weighted by molar-refractivity contribution is 5.00. The van der Waals surface area contributed by atoms with Crippen LogP contribution in [0.1, 0.15) is 19.8 Å². The summed E-state index contributed by atoms with van der Waals surface area (Å²) >= 11 is 0. The number of likely N-dealkylation sites (N-methyl/N-ethyl adjacent to an activating group) is 1. The number of nitrogens with zero attached hydrogens (tertiary/aromatic N) is 2. The van der Waals surface area contributed by atoms with E-state index in [4.69, 9.17) is 10.5 Å². The van der Waals surface area contributed by atoms with E-state index in [2.05, 4.69) is 30.8 Å². The second-order valence-corrected chi connectivity index (χ2v) is 5.95. The summed E-state index contributed by atoms with van der Waals surface area (Å²) in [5.74, 6) is 0.733. The van der Waals surface area contributed by atoms with Gasteiger partial charge in [-0.3, -0.25) is 4.90 Å². The van der Waals surface area contributed by atoms with Gasteiger partial charge >= 0.3 is 0 Å². The largest absolute Gasteiger partial charge is 0.381 e. The second-order valence-electron chi connectivity index (χ2n) is 5.95. The van der Waals surface area contributed by atoms with Crippen LogP contribution in [0.5, 0.6) is 0 Å². The number of nitrogens with two attached hydrogens (primary N) is 1. The van der Waals surface area contributed by atoms with E-state index in [0.717, 1.165) is 45.1 Å². The number of hydrogen-bond acceptors (Lipinski definition) is 4. The van der Waals surface area contributed by atoms with Crippen molar-refractivity contribution >= 4 is 0 Å². The van der Waals surface area contributed by atoms with Crippen LogP contribution in [0.4, 0.5) is 0 Å². The Labute approximate surface area is 105 Å². The van der Waals surface area contributed by atoms with E-state index in [9.17, 15) is 0 Å². The fraction of sp³-hybridized carbons (Fsp3) is 1.00. The van der Waals surface area contributed by atoms with E-state index < -0.39 is 0 Å². The standard InChI is InChI=1S/C13H27N3O/c1-11-8-16(9-12(11)15(2)3)13(10-14)4-6-17-7-5-13/h11-12H,4-10,14H2,1-3H3. The molecule has 0 aromatic heterocycles. The smallest absolute Gasteiger partial charge is 0.0484 e. The number of hydrogen-bond donors (Lipinski definition) is 1. The summed E-state index contributed by atoms with van der Waals surface area (Å²) in [4.78, 5) is 4.99. The zero-order chi connectivity index (χ0) is 12.5. The molecule has 0 saturated carbocycles. The van der Waals surface area contributed by atoms with E-state index in [1.54, 1.807) is 0 Å². The first-order valence-corrected chi connectivity index (χ1v) is 6.78. The minimum absolute atomic E-state index is 0.206. The van der Waals surface area contributed by atoms with Crippen molar-refractivity contribution in [2.45, 2.75) is 31.3 Å². The van der Waals surface area contributed by atoms with Crippen LogP contribution in [0.2, 0.25) is 0 Å². The Hall–Kier alpha value is -0.160. The van der Waals surface area contributed by atoms with Crippen molar-refractivity contribution < 1.29 is 4.74 Å². The van der Waals surface area contributed by atoms with Crippen molar-refractivity contribution in [1.82, 2.24) is 9.80 Å². The van der Waals surface area contributed by atoms with Crippen molar-refractivity contribution in [3.63, 3.8) is 0 Å². The van der Waals surface area contributed by atoms with Crippen LogP contribution in [0.15, 0.2) is 0 Å². The molecule has 0 radical (unpaired) electrons. The SMILES string of the molecule is CC1CN(C2(CN)CCOCC2)CC1N(C)C. The van der Waals surface area contributed by atoms with Gasteiger partial charge in [-0.05, 0) is 32.9 Å². The van der Waals surface area contributed by atoms with Gasteiger partial charge in [-0.25, -0.2) is 0 Å². The van der Waals surface area contributed by atoms with Crippen molar-refractivity contribution in [2.24, 2.45) is 11.7 Å². The highest BCUT2D eigenvalue weighted by atomic mass is 16.5. The zero-order valence-corrected chi connectivity index (χ0v) is 11.5. The molecule has 2 heterocycles. The molecule has 2 rings (SSSR count). The van der Waals surface area contributed by atoms with Gasteiger partial charge in [0.15, 0.2) is 0 Å². The van der Waals surface area contributed by atoms with Gasteiger partial charge in [0.1, 0.15) is 0 Å². The van der Waals surface area contributed by atoms with Gasteiger partial charge in [0.05, 0.1) is 0 Å². The van der Waals surface area contributed by atoms with Crippen molar-refractivity contribution in [3.05, 3.63) is 0 Å². The lowest BCUT2D eigenvalue weighted by Gasteiger charge is -2.44. The van der Waals surface area contributed by atoms with Gasteiger partial charge in [-0.2, -0.15) is 0 Å². The topological polar surface area (TPSA) is 41.7 Å². The van der Waals surface area contributed by atoms with E-state index >= 15 is 0 Å². The first-order valence-electron chi connectivity index (χ1n) is 6.78. The Balaban J connectivity index is 2.06. The highest BCUT2D eigenvalue weighted by Gasteiger charge is 2.43. The molecule has 2 atom stereocenters. The maximum Gasteiger partial charge on any atom is 0.0484 e. The molecule has 2 aliphatic rings. The molecule has 4 heteroatoms. The average Bonchev–Trinajstić information content (AvgIpc) is 2.73. The van der Waals surface area contributed by atoms with Crippen LogP contribution in [-0.4, -0.2) is 68.3 Å². The molecule has 100 valence electrons. The van der Waals surface area contributed by atoms with Crippen molar-refractivity contribution in [1.29, 1.82) is 0 Å². The molecule has 0 aromatic rings. The molecule has 2 fully saturated rings. The fourth-order valence-electron chi connectivity index (χ4n) is 3.41. The van der Waals surface area contributed by atoms with Gasteiger partial charge < -0.3 is 15.4 Å². The summed E-state index contributed by atoms with van der Waals surface area (Å²) in [6, 6.07) is 0.668. The van der Waals surface area contributed by atoms with Crippen LogP contribution < -0.4 is 5.73 Å². The van der Waals surface area contributed by atoms with Gasteiger partial charge in [0.25, 0.3) is 0 Å². The van der Waals surface area contributed by atoms with Crippen LogP contribution in [-0.2, 0) is 4.74 Å². The predicted octanol–water partition coefficient (Wildman–Crippen LogP) is 0.376. The lowest BCUT2D eigenvalue weighted by atomic mass is 9.88. The fourth-order valence-corrected chi connectivity index (χ4v) is 3.41. The Morgan fingerprint density at radius 3 is 2.41 bits per heavy atom. The summed E-state index contributed by atoms with van der Waals surface area (Å²) in [5.41, 5.74) is 6.28. The number of rotatable bonds is 3. The minimum atomic E-state index is 0.206. The molecule has 0 spiro atoms. The Kier molecular flexibility index (Phi) is 4.08. The van der Waals surface area contributed by atoms with E-state index in [0.29, 0.717) is 6.04 Å². The van der Waals surface area contributed by atoms with Crippen molar-refractivity contribution in [2.75, 3.05) is 46.9 Å². The lowest BCUT2D eigenvalue weighted by Crippen LogP contribution is -2.56. The van der Waals surface area contributed by atoms with E-state index in [-0.39, 0.29) is 5.54 Å². The van der Waals surface area contributed by atoms with Gasteiger partial charge in [-0.1, -0.05) is 6.92 Å². The molecule has 2 saturated heterocycles. The molecule has 0 aliphatic carbocycles. The van der Waals surface area contributed by atoms with Gasteiger partial charge in [0.2, 0.25) is 0 Å². The van der Waals surface area contributed by atoms with E-state index in [1.165, 1.54) is 6.54 Å². The monoisotopic (exact) mass is 241 g/mol. The predicted molar refractivity (Wildman–Crippen MR) is 70.1 cm³/mol. The van der Waals surface area contributed by atoms with Crippen LogP contribution in [0.3, 0.4) is 0 Å². The molecule has 17 heavy (non-hydrogen) atoms. The molecular formula is C13H27N3O. The Morgan fingerprint density at radius 1 is 1.29 bits per heavy atom. The first kappa shape index (κ1) is 13.3. The summed E-state index contributed by atoms with van der Waals surface area (Å²) in [6.07, 6.45) is 2.19. The highest BCUT2D eigenvalue weighted by Crippen LogP contribution is 2.33. The third-order valence-corrected chi connectivity index (χ3v) is 4.71. The van der Waals surface area contributed by atoms with Crippen molar-refractivity contribution in [3.8, 4) is 0 Å². The van der Waals surface area contributed by atoms with Crippen LogP contribution in [0, 0.1) is 5.92 Å².